The van der Waals surface area contributed by atoms with Crippen molar-refractivity contribution >= 4 is 17.2 Å². The number of hydrogen-bond donors (Lipinski definition) is 0. The van der Waals surface area contributed by atoms with Gasteiger partial charge in [-0.15, -0.1) is 0 Å². The second-order valence-electron chi connectivity index (χ2n) is 5.82. The quantitative estimate of drug-likeness (QED) is 0.742. The molecule has 1 aliphatic heterocycles. The maximum absolute atomic E-state index is 5.93. The predicted molar refractivity (Wildman–Crippen MR) is 84.6 cm³/mol. The van der Waals surface area contributed by atoms with Gasteiger partial charge in [0.15, 0.2) is 0 Å². The van der Waals surface area contributed by atoms with Crippen LogP contribution >= 0.6 is 11.6 Å². The molecule has 0 unspecified atom stereocenters. The van der Waals surface area contributed by atoms with Crippen molar-refractivity contribution < 1.29 is 0 Å². The molecule has 0 radical (unpaired) electrons. The molecular weight excluding hydrogens is 254 g/mol. The van der Waals surface area contributed by atoms with E-state index in [4.69, 9.17) is 11.6 Å². The predicted octanol–water partition coefficient (Wildman–Crippen LogP) is 4.87. The molecule has 0 N–H and O–H groups in total. The fraction of sp³-hybridized carbons (Fsp3) is 0.529. The molecular formula is C17H24ClN. The van der Waals surface area contributed by atoms with Crippen molar-refractivity contribution in [3.05, 3.63) is 40.9 Å². The Bertz CT molecular complexity index is 419. The van der Waals surface area contributed by atoms with Crippen LogP contribution < -0.4 is 0 Å². The maximum atomic E-state index is 5.93. The van der Waals surface area contributed by atoms with Crippen molar-refractivity contribution in [2.75, 3.05) is 19.6 Å². The van der Waals surface area contributed by atoms with Gasteiger partial charge in [-0.05, 0) is 55.0 Å². The topological polar surface area (TPSA) is 3.24 Å². The molecule has 104 valence electrons. The number of halogens is 1. The third-order valence-electron chi connectivity index (χ3n) is 3.76. The lowest BCUT2D eigenvalue weighted by molar-refractivity contribution is 0.288. The van der Waals surface area contributed by atoms with Crippen molar-refractivity contribution in [1.29, 1.82) is 0 Å². The van der Waals surface area contributed by atoms with Gasteiger partial charge in [-0.1, -0.05) is 43.7 Å². The largest absolute Gasteiger partial charge is 0.299 e. The van der Waals surface area contributed by atoms with E-state index in [1.807, 2.05) is 12.1 Å². The van der Waals surface area contributed by atoms with E-state index in [0.717, 1.165) is 23.9 Å². The molecule has 1 heterocycles. The minimum Gasteiger partial charge on any atom is -0.299 e. The number of nitrogens with zero attached hydrogens (tertiary/aromatic N) is 1. The van der Waals surface area contributed by atoms with E-state index in [-0.39, 0.29) is 0 Å². The Labute approximate surface area is 122 Å². The fourth-order valence-corrected chi connectivity index (χ4v) is 2.69. The zero-order chi connectivity index (χ0) is 13.7. The van der Waals surface area contributed by atoms with Gasteiger partial charge in [0.2, 0.25) is 0 Å². The van der Waals surface area contributed by atoms with Gasteiger partial charge in [0.25, 0.3) is 0 Å². The molecule has 0 atom stereocenters. The third kappa shape index (κ3) is 4.67. The summed E-state index contributed by atoms with van der Waals surface area (Å²) in [6, 6.07) is 8.21. The molecule has 0 aromatic heterocycles. The van der Waals surface area contributed by atoms with Gasteiger partial charge < -0.3 is 0 Å². The van der Waals surface area contributed by atoms with Crippen LogP contribution in [0.1, 0.15) is 38.7 Å². The van der Waals surface area contributed by atoms with Gasteiger partial charge >= 0.3 is 0 Å². The third-order valence-corrected chi connectivity index (χ3v) is 4.02. The van der Waals surface area contributed by atoms with Crippen LogP contribution in [0.2, 0.25) is 5.02 Å². The first-order valence-electron chi connectivity index (χ1n) is 7.32. The summed E-state index contributed by atoms with van der Waals surface area (Å²) in [5.41, 5.74) is 2.79. The van der Waals surface area contributed by atoms with Gasteiger partial charge in [-0.2, -0.15) is 0 Å². The van der Waals surface area contributed by atoms with Crippen molar-refractivity contribution in [2.45, 2.75) is 33.1 Å². The summed E-state index contributed by atoms with van der Waals surface area (Å²) in [6.45, 7) is 8.12. The lowest BCUT2D eigenvalue weighted by Gasteiger charge is -2.26. The molecule has 0 aliphatic carbocycles. The van der Waals surface area contributed by atoms with Gasteiger partial charge in [0, 0.05) is 18.1 Å². The van der Waals surface area contributed by atoms with E-state index < -0.39 is 0 Å². The van der Waals surface area contributed by atoms with E-state index in [0.29, 0.717) is 0 Å². The van der Waals surface area contributed by atoms with E-state index in [2.05, 4.69) is 37.0 Å². The van der Waals surface area contributed by atoms with Gasteiger partial charge in [-0.25, -0.2) is 0 Å². The molecule has 1 aromatic carbocycles. The Morgan fingerprint density at radius 1 is 1.21 bits per heavy atom. The monoisotopic (exact) mass is 277 g/mol. The van der Waals surface area contributed by atoms with E-state index in [1.54, 1.807) is 0 Å². The summed E-state index contributed by atoms with van der Waals surface area (Å²) in [6.07, 6.45) is 6.19. The SMILES string of the molecule is CC(C)CCCN1CC=C(c2ccc(Cl)cc2)CC1. The first-order valence-corrected chi connectivity index (χ1v) is 7.70. The summed E-state index contributed by atoms with van der Waals surface area (Å²) in [7, 11) is 0. The second-order valence-corrected chi connectivity index (χ2v) is 6.26. The molecule has 0 saturated carbocycles. The lowest BCUT2D eigenvalue weighted by atomic mass is 9.99. The minimum absolute atomic E-state index is 0.815. The van der Waals surface area contributed by atoms with E-state index >= 15 is 0 Å². The highest BCUT2D eigenvalue weighted by molar-refractivity contribution is 6.30. The average molecular weight is 278 g/mol. The van der Waals surface area contributed by atoms with Crippen LogP contribution in [0.3, 0.4) is 0 Å². The summed E-state index contributed by atoms with van der Waals surface area (Å²) in [4.78, 5) is 2.56. The van der Waals surface area contributed by atoms with Crippen molar-refractivity contribution in [1.82, 2.24) is 4.90 Å². The average Bonchev–Trinajstić information content (AvgIpc) is 2.40. The van der Waals surface area contributed by atoms with Crippen LogP contribution in [0.25, 0.3) is 5.57 Å². The van der Waals surface area contributed by atoms with Crippen LogP contribution in [0.15, 0.2) is 30.3 Å². The van der Waals surface area contributed by atoms with Crippen molar-refractivity contribution in [3.63, 3.8) is 0 Å². The van der Waals surface area contributed by atoms with Crippen LogP contribution in [0.4, 0.5) is 0 Å². The summed E-state index contributed by atoms with van der Waals surface area (Å²) < 4.78 is 0. The molecule has 2 heteroatoms. The highest BCUT2D eigenvalue weighted by Crippen LogP contribution is 2.23. The normalized spacial score (nSPS) is 16.7. The Hall–Kier alpha value is -0.790. The summed E-state index contributed by atoms with van der Waals surface area (Å²) in [5.74, 6) is 0.824. The molecule has 19 heavy (non-hydrogen) atoms. The Balaban J connectivity index is 1.84. The molecule has 2 rings (SSSR count). The van der Waals surface area contributed by atoms with Gasteiger partial charge in [0.05, 0.1) is 0 Å². The zero-order valence-electron chi connectivity index (χ0n) is 12.0. The number of hydrogen-bond acceptors (Lipinski definition) is 1. The molecule has 0 spiro atoms. The minimum atomic E-state index is 0.815. The number of benzene rings is 1. The standard InChI is InChI=1S/C17H24ClN/c1-14(2)4-3-11-19-12-9-16(10-13-19)15-5-7-17(18)8-6-15/h5-9,14H,3-4,10-13H2,1-2H3. The molecule has 0 amide bonds. The smallest absolute Gasteiger partial charge is 0.0406 e. The van der Waals surface area contributed by atoms with Crippen LogP contribution in [0, 0.1) is 5.92 Å². The van der Waals surface area contributed by atoms with Gasteiger partial charge in [0.1, 0.15) is 0 Å². The summed E-state index contributed by atoms with van der Waals surface area (Å²) >= 11 is 5.93. The van der Waals surface area contributed by atoms with Crippen LogP contribution in [-0.4, -0.2) is 24.5 Å². The highest BCUT2D eigenvalue weighted by Gasteiger charge is 2.12. The van der Waals surface area contributed by atoms with Gasteiger partial charge in [-0.3, -0.25) is 4.90 Å². The second kappa shape index (κ2) is 7.12. The first kappa shape index (κ1) is 14.6. The number of rotatable bonds is 5. The molecule has 1 aromatic rings. The lowest BCUT2D eigenvalue weighted by Crippen LogP contribution is -2.29. The van der Waals surface area contributed by atoms with Crippen molar-refractivity contribution in [3.8, 4) is 0 Å². The van der Waals surface area contributed by atoms with E-state index in [1.165, 1.54) is 37.1 Å². The molecule has 0 saturated heterocycles. The Kier molecular flexibility index (Phi) is 5.47. The Morgan fingerprint density at radius 3 is 2.53 bits per heavy atom. The molecule has 1 aliphatic rings. The maximum Gasteiger partial charge on any atom is 0.0406 e. The van der Waals surface area contributed by atoms with Crippen molar-refractivity contribution in [2.24, 2.45) is 5.92 Å². The Morgan fingerprint density at radius 2 is 1.95 bits per heavy atom. The van der Waals surface area contributed by atoms with E-state index in [9.17, 15) is 0 Å². The first-order chi connectivity index (χ1) is 9.15. The molecule has 0 fully saturated rings. The van der Waals surface area contributed by atoms with Crippen LogP contribution in [-0.2, 0) is 0 Å². The highest BCUT2D eigenvalue weighted by atomic mass is 35.5. The zero-order valence-corrected chi connectivity index (χ0v) is 12.8. The summed E-state index contributed by atoms with van der Waals surface area (Å²) in [5, 5.41) is 0.815. The van der Waals surface area contributed by atoms with Crippen LogP contribution in [0.5, 0.6) is 0 Å². The molecule has 1 nitrogen and oxygen atoms in total. The molecule has 0 bridgehead atoms. The fourth-order valence-electron chi connectivity index (χ4n) is 2.56.